The van der Waals surface area contributed by atoms with E-state index in [1.165, 1.54) is 11.1 Å². The predicted molar refractivity (Wildman–Crippen MR) is 108 cm³/mol. The summed E-state index contributed by atoms with van der Waals surface area (Å²) in [6.07, 6.45) is 4.75. The van der Waals surface area contributed by atoms with Crippen molar-refractivity contribution in [2.24, 2.45) is 7.05 Å². The number of benzene rings is 2. The van der Waals surface area contributed by atoms with Crippen molar-refractivity contribution in [3.8, 4) is 0 Å². The second-order valence-electron chi connectivity index (χ2n) is 7.31. The van der Waals surface area contributed by atoms with Crippen molar-refractivity contribution in [2.75, 3.05) is 13.1 Å². The van der Waals surface area contributed by atoms with Crippen LogP contribution in [0.2, 0.25) is 0 Å². The molecule has 0 radical (unpaired) electrons. The van der Waals surface area contributed by atoms with E-state index < -0.39 is 0 Å². The molecule has 1 saturated heterocycles. The molecular formula is C23H25N3O2. The van der Waals surface area contributed by atoms with Gasteiger partial charge in [-0.25, -0.2) is 0 Å². The van der Waals surface area contributed by atoms with Gasteiger partial charge >= 0.3 is 5.97 Å². The first-order valence-electron chi connectivity index (χ1n) is 9.70. The normalized spacial score (nSPS) is 14.8. The molecule has 0 unspecified atom stereocenters. The molecule has 5 heteroatoms. The molecule has 28 heavy (non-hydrogen) atoms. The van der Waals surface area contributed by atoms with Crippen LogP contribution in [0.5, 0.6) is 0 Å². The highest BCUT2D eigenvalue weighted by Crippen LogP contribution is 2.33. The van der Waals surface area contributed by atoms with Gasteiger partial charge in [0.2, 0.25) is 0 Å². The Labute approximate surface area is 165 Å². The zero-order chi connectivity index (χ0) is 19.3. The van der Waals surface area contributed by atoms with E-state index in [9.17, 15) is 4.79 Å². The Kier molecular flexibility index (Phi) is 5.53. The number of esters is 1. The number of ether oxygens (including phenoxy) is 1. The lowest BCUT2D eigenvalue weighted by atomic mass is 9.94. The van der Waals surface area contributed by atoms with Gasteiger partial charge in [-0.15, -0.1) is 0 Å². The fourth-order valence-electron chi connectivity index (χ4n) is 3.73. The van der Waals surface area contributed by atoms with Crippen molar-refractivity contribution in [2.45, 2.75) is 25.0 Å². The maximum Gasteiger partial charge on any atom is 0.306 e. The monoisotopic (exact) mass is 375 g/mol. The summed E-state index contributed by atoms with van der Waals surface area (Å²) in [6.45, 7) is 1.51. The van der Waals surface area contributed by atoms with E-state index in [-0.39, 0.29) is 18.1 Å². The molecule has 0 amide bonds. The van der Waals surface area contributed by atoms with E-state index in [0.717, 1.165) is 18.7 Å². The molecule has 4 rings (SSSR count). The van der Waals surface area contributed by atoms with Gasteiger partial charge in [0, 0.05) is 32.8 Å². The molecule has 1 fully saturated rings. The number of aromatic nitrogens is 2. The predicted octanol–water partition coefficient (Wildman–Crippen LogP) is 3.37. The summed E-state index contributed by atoms with van der Waals surface area (Å²) in [5, 5.41) is 4.13. The first-order chi connectivity index (χ1) is 13.7. The maximum absolute atomic E-state index is 12.2. The van der Waals surface area contributed by atoms with Crippen LogP contribution in [0.1, 0.15) is 29.2 Å². The van der Waals surface area contributed by atoms with Gasteiger partial charge in [0.25, 0.3) is 0 Å². The van der Waals surface area contributed by atoms with Gasteiger partial charge in [0.15, 0.2) is 0 Å². The Balaban J connectivity index is 1.33. The minimum Gasteiger partial charge on any atom is -0.460 e. The number of likely N-dealkylation sites (tertiary alicyclic amines) is 1. The van der Waals surface area contributed by atoms with Crippen molar-refractivity contribution in [3.05, 3.63) is 89.7 Å². The van der Waals surface area contributed by atoms with Gasteiger partial charge in [0.1, 0.15) is 6.10 Å². The number of carbonyl (C=O) groups is 1. The van der Waals surface area contributed by atoms with Crippen molar-refractivity contribution in [3.63, 3.8) is 0 Å². The fraction of sp³-hybridized carbons (Fsp3) is 0.304. The first kappa shape index (κ1) is 18.4. The summed E-state index contributed by atoms with van der Waals surface area (Å²) in [7, 11) is 1.88. The lowest BCUT2D eigenvalue weighted by Crippen LogP contribution is -2.54. The topological polar surface area (TPSA) is 47.4 Å². The van der Waals surface area contributed by atoms with E-state index in [0.29, 0.717) is 12.8 Å². The van der Waals surface area contributed by atoms with Gasteiger partial charge < -0.3 is 4.74 Å². The fourth-order valence-corrected chi connectivity index (χ4v) is 3.73. The van der Waals surface area contributed by atoms with Gasteiger partial charge in [-0.3, -0.25) is 14.4 Å². The Morgan fingerprint density at radius 3 is 2.21 bits per heavy atom. The van der Waals surface area contributed by atoms with Crippen LogP contribution < -0.4 is 0 Å². The van der Waals surface area contributed by atoms with E-state index in [4.69, 9.17) is 4.74 Å². The molecule has 0 bridgehead atoms. The summed E-state index contributed by atoms with van der Waals surface area (Å²) in [4.78, 5) is 14.5. The van der Waals surface area contributed by atoms with E-state index in [2.05, 4.69) is 58.5 Å². The number of aryl methyl sites for hydroxylation is 2. The summed E-state index contributed by atoms with van der Waals surface area (Å²) in [5.41, 5.74) is 3.58. The Morgan fingerprint density at radius 1 is 1.07 bits per heavy atom. The second kappa shape index (κ2) is 8.40. The molecule has 0 atom stereocenters. The van der Waals surface area contributed by atoms with Gasteiger partial charge in [0.05, 0.1) is 12.2 Å². The molecule has 1 aliphatic heterocycles. The molecule has 144 valence electrons. The van der Waals surface area contributed by atoms with Crippen molar-refractivity contribution in [1.82, 2.24) is 14.7 Å². The smallest absolute Gasteiger partial charge is 0.306 e. The van der Waals surface area contributed by atoms with Crippen LogP contribution in [0.15, 0.2) is 73.1 Å². The van der Waals surface area contributed by atoms with Crippen molar-refractivity contribution >= 4 is 5.97 Å². The maximum atomic E-state index is 12.2. The summed E-state index contributed by atoms with van der Waals surface area (Å²) < 4.78 is 7.41. The molecule has 3 aromatic rings. The number of hydrogen-bond acceptors (Lipinski definition) is 4. The zero-order valence-corrected chi connectivity index (χ0v) is 16.1. The number of rotatable bonds is 7. The van der Waals surface area contributed by atoms with Gasteiger partial charge in [-0.2, -0.15) is 5.10 Å². The van der Waals surface area contributed by atoms with E-state index in [1.54, 1.807) is 10.9 Å². The minimum atomic E-state index is -0.135. The molecule has 1 aromatic heterocycles. The Bertz CT molecular complexity index is 862. The number of nitrogens with zero attached hydrogens (tertiary/aromatic N) is 3. The highest BCUT2D eigenvalue weighted by Gasteiger charge is 2.36. The average Bonchev–Trinajstić information content (AvgIpc) is 3.11. The Morgan fingerprint density at radius 2 is 1.68 bits per heavy atom. The molecular weight excluding hydrogens is 350 g/mol. The van der Waals surface area contributed by atoms with E-state index >= 15 is 0 Å². The van der Waals surface area contributed by atoms with Crippen LogP contribution in [0.25, 0.3) is 0 Å². The summed E-state index contributed by atoms with van der Waals surface area (Å²) >= 11 is 0. The number of carbonyl (C=O) groups excluding carboxylic acids is 1. The lowest BCUT2D eigenvalue weighted by Gasteiger charge is -2.44. The largest absolute Gasteiger partial charge is 0.460 e. The molecule has 0 N–H and O–H groups in total. The van der Waals surface area contributed by atoms with Crippen LogP contribution in [0.4, 0.5) is 0 Å². The van der Waals surface area contributed by atoms with Crippen LogP contribution in [0.3, 0.4) is 0 Å². The highest BCUT2D eigenvalue weighted by atomic mass is 16.5. The van der Waals surface area contributed by atoms with Crippen LogP contribution in [-0.2, 0) is 23.0 Å². The first-order valence-corrected chi connectivity index (χ1v) is 9.70. The Hall–Kier alpha value is -2.92. The van der Waals surface area contributed by atoms with Crippen molar-refractivity contribution in [1.29, 1.82) is 0 Å². The third-order valence-electron chi connectivity index (χ3n) is 5.15. The van der Waals surface area contributed by atoms with Gasteiger partial charge in [-0.05, 0) is 23.1 Å². The molecule has 0 saturated carbocycles. The molecule has 0 aliphatic carbocycles. The van der Waals surface area contributed by atoms with Crippen LogP contribution >= 0.6 is 0 Å². The highest BCUT2D eigenvalue weighted by molar-refractivity contribution is 5.70. The zero-order valence-electron chi connectivity index (χ0n) is 16.1. The van der Waals surface area contributed by atoms with E-state index in [1.807, 2.05) is 25.4 Å². The molecule has 0 spiro atoms. The molecule has 2 heterocycles. The molecule has 1 aliphatic rings. The molecule has 2 aromatic carbocycles. The van der Waals surface area contributed by atoms with Crippen LogP contribution in [-0.4, -0.2) is 39.8 Å². The quantitative estimate of drug-likeness (QED) is 0.594. The average molecular weight is 375 g/mol. The third-order valence-corrected chi connectivity index (χ3v) is 5.15. The number of hydrogen-bond donors (Lipinski definition) is 0. The SMILES string of the molecule is Cn1cc(CCC(=O)OC2CN(C(c3ccccc3)c3ccccc3)C2)cn1. The van der Waals surface area contributed by atoms with Crippen LogP contribution in [0, 0.1) is 0 Å². The summed E-state index contributed by atoms with van der Waals surface area (Å²) in [5.74, 6) is -0.135. The van der Waals surface area contributed by atoms with Gasteiger partial charge in [-0.1, -0.05) is 60.7 Å². The second-order valence-corrected chi connectivity index (χ2v) is 7.31. The third kappa shape index (κ3) is 4.31. The van der Waals surface area contributed by atoms with Crippen molar-refractivity contribution < 1.29 is 9.53 Å². The lowest BCUT2D eigenvalue weighted by molar-refractivity contribution is -0.158. The standard InChI is InChI=1S/C23H25N3O2/c1-25-15-18(14-24-25)12-13-22(27)28-21-16-26(17-21)23(19-8-4-2-5-9-19)20-10-6-3-7-11-20/h2-11,14-15,21,23H,12-13,16-17H2,1H3. The summed E-state index contributed by atoms with van der Waals surface area (Å²) in [6, 6.07) is 21.2. The minimum absolute atomic E-state index is 0.0312. The molecule has 5 nitrogen and oxygen atoms in total.